The van der Waals surface area contributed by atoms with Crippen LogP contribution >= 0.6 is 11.6 Å². The molecule has 0 aliphatic rings. The summed E-state index contributed by atoms with van der Waals surface area (Å²) < 4.78 is 11.2. The van der Waals surface area contributed by atoms with Gasteiger partial charge < -0.3 is 9.47 Å². The molecule has 3 aromatic rings. The Hall–Kier alpha value is -2.93. The van der Waals surface area contributed by atoms with Crippen molar-refractivity contribution in [3.05, 3.63) is 63.9 Å². The Morgan fingerprint density at radius 3 is 2.71 bits per heavy atom. The second-order valence-electron chi connectivity index (χ2n) is 4.78. The normalized spacial score (nSPS) is 10.5. The lowest BCUT2D eigenvalue weighted by Gasteiger charge is -2.08. The molecule has 0 bridgehead atoms. The van der Waals surface area contributed by atoms with Crippen molar-refractivity contribution in [1.29, 1.82) is 0 Å². The third-order valence-electron chi connectivity index (χ3n) is 3.16. The molecule has 8 heteroatoms. The Bertz CT molecular complexity index is 942. The zero-order valence-electron chi connectivity index (χ0n) is 12.4. The monoisotopic (exact) mass is 345 g/mol. The van der Waals surface area contributed by atoms with E-state index >= 15 is 0 Å². The van der Waals surface area contributed by atoms with E-state index in [4.69, 9.17) is 21.1 Å². The van der Waals surface area contributed by atoms with Crippen molar-refractivity contribution in [3.8, 4) is 5.75 Å². The van der Waals surface area contributed by atoms with Gasteiger partial charge in [0.05, 0.1) is 10.4 Å². The predicted octanol–water partition coefficient (Wildman–Crippen LogP) is 2.02. The minimum Gasteiger partial charge on any atom is -0.480 e. The lowest BCUT2D eigenvalue weighted by molar-refractivity contribution is -0.150. The molecule has 0 N–H and O–H groups in total. The van der Waals surface area contributed by atoms with Crippen molar-refractivity contribution in [3.63, 3.8) is 0 Å². The number of para-hydroxylation sites is 1. The summed E-state index contributed by atoms with van der Waals surface area (Å²) in [7, 11) is 0. The fraction of sp³-hybridized carbons (Fsp3) is 0.125. The molecule has 0 saturated heterocycles. The van der Waals surface area contributed by atoms with E-state index in [-0.39, 0.29) is 18.9 Å². The number of fused-ring (bicyclic) bond motifs is 1. The fourth-order valence-corrected chi connectivity index (χ4v) is 2.17. The fourth-order valence-electron chi connectivity index (χ4n) is 1.98. The first-order valence-electron chi connectivity index (χ1n) is 7.00. The van der Waals surface area contributed by atoms with Crippen LogP contribution in [0.1, 0.15) is 0 Å². The van der Waals surface area contributed by atoms with Crippen LogP contribution in [-0.4, -0.2) is 27.6 Å². The van der Waals surface area contributed by atoms with Crippen LogP contribution < -0.4 is 10.3 Å². The van der Waals surface area contributed by atoms with Gasteiger partial charge in [-0.1, -0.05) is 41.1 Å². The zero-order valence-corrected chi connectivity index (χ0v) is 13.1. The first kappa shape index (κ1) is 15.9. The Labute approximate surface area is 141 Å². The van der Waals surface area contributed by atoms with Crippen LogP contribution in [0.15, 0.2) is 53.3 Å². The van der Waals surface area contributed by atoms with Gasteiger partial charge in [0.2, 0.25) is 0 Å². The summed E-state index contributed by atoms with van der Waals surface area (Å²) in [4.78, 5) is 23.9. The van der Waals surface area contributed by atoms with Gasteiger partial charge in [-0.25, -0.2) is 4.79 Å². The number of hydrogen-bond donors (Lipinski definition) is 0. The number of hydrogen-bond acceptors (Lipinski definition) is 6. The van der Waals surface area contributed by atoms with Crippen LogP contribution in [0.2, 0.25) is 5.02 Å². The molecule has 0 fully saturated rings. The van der Waals surface area contributed by atoms with Crippen molar-refractivity contribution >= 4 is 28.5 Å². The smallest absolute Gasteiger partial charge is 0.345 e. The number of rotatable bonds is 5. The van der Waals surface area contributed by atoms with E-state index in [1.54, 1.807) is 48.5 Å². The quantitative estimate of drug-likeness (QED) is 0.658. The molecule has 7 nitrogen and oxygen atoms in total. The van der Waals surface area contributed by atoms with E-state index in [9.17, 15) is 9.59 Å². The van der Waals surface area contributed by atoms with Crippen LogP contribution in [0.4, 0.5) is 0 Å². The maximum Gasteiger partial charge on any atom is 0.345 e. The summed E-state index contributed by atoms with van der Waals surface area (Å²) >= 11 is 5.92. The molecule has 0 radical (unpaired) electrons. The number of aromatic nitrogens is 3. The predicted molar refractivity (Wildman–Crippen MR) is 86.8 cm³/mol. The van der Waals surface area contributed by atoms with Gasteiger partial charge in [-0.15, -0.1) is 5.10 Å². The number of halogens is 1. The summed E-state index contributed by atoms with van der Waals surface area (Å²) in [5.74, 6) is -0.282. The Morgan fingerprint density at radius 2 is 1.88 bits per heavy atom. The highest BCUT2D eigenvalue weighted by molar-refractivity contribution is 6.32. The van der Waals surface area contributed by atoms with Crippen LogP contribution in [-0.2, 0) is 16.3 Å². The minimum atomic E-state index is -0.656. The van der Waals surface area contributed by atoms with Crippen LogP contribution in [0.5, 0.6) is 5.75 Å². The molecule has 0 aliphatic carbocycles. The molecule has 0 amide bonds. The average molecular weight is 346 g/mol. The molecular weight excluding hydrogens is 334 g/mol. The number of benzene rings is 2. The van der Waals surface area contributed by atoms with Gasteiger partial charge >= 0.3 is 5.97 Å². The Balaban J connectivity index is 1.61. The first-order valence-corrected chi connectivity index (χ1v) is 7.38. The maximum absolute atomic E-state index is 12.2. The molecule has 0 aliphatic heterocycles. The van der Waals surface area contributed by atoms with Crippen LogP contribution in [0, 0.1) is 0 Å². The number of carbonyl (C=O) groups is 1. The van der Waals surface area contributed by atoms with Crippen molar-refractivity contribution in [2.45, 2.75) is 6.73 Å². The summed E-state index contributed by atoms with van der Waals surface area (Å²) in [6.07, 6.45) is 0. The molecule has 0 atom stereocenters. The SMILES string of the molecule is O=C(COc1ccccc1Cl)OCn1nnc2ccccc2c1=O. The van der Waals surface area contributed by atoms with E-state index < -0.39 is 5.97 Å². The van der Waals surface area contributed by atoms with Gasteiger partial charge in [0, 0.05) is 0 Å². The van der Waals surface area contributed by atoms with E-state index in [0.717, 1.165) is 4.68 Å². The van der Waals surface area contributed by atoms with Crippen molar-refractivity contribution < 1.29 is 14.3 Å². The average Bonchev–Trinajstić information content (AvgIpc) is 2.61. The lowest BCUT2D eigenvalue weighted by Crippen LogP contribution is -2.27. The third kappa shape index (κ3) is 3.52. The molecule has 0 unspecified atom stereocenters. The highest BCUT2D eigenvalue weighted by atomic mass is 35.5. The van der Waals surface area contributed by atoms with E-state index in [2.05, 4.69) is 10.3 Å². The first-order chi connectivity index (χ1) is 11.6. The molecule has 122 valence electrons. The number of ether oxygens (including phenoxy) is 2. The van der Waals surface area contributed by atoms with Crippen LogP contribution in [0.3, 0.4) is 0 Å². The summed E-state index contributed by atoms with van der Waals surface area (Å²) in [5, 5.41) is 8.41. The lowest BCUT2D eigenvalue weighted by atomic mass is 10.2. The summed E-state index contributed by atoms with van der Waals surface area (Å²) in [6.45, 7) is -0.680. The molecule has 3 rings (SSSR count). The number of carbonyl (C=O) groups excluding carboxylic acids is 1. The zero-order chi connectivity index (χ0) is 16.9. The maximum atomic E-state index is 12.2. The highest BCUT2D eigenvalue weighted by Crippen LogP contribution is 2.22. The van der Waals surface area contributed by atoms with Crippen molar-refractivity contribution in [2.75, 3.05) is 6.61 Å². The summed E-state index contributed by atoms with van der Waals surface area (Å²) in [6, 6.07) is 13.5. The van der Waals surface area contributed by atoms with Gasteiger partial charge in [-0.2, -0.15) is 4.68 Å². The molecule has 0 spiro atoms. The van der Waals surface area contributed by atoms with Gasteiger partial charge in [0.25, 0.3) is 5.56 Å². The molecule has 0 saturated carbocycles. The van der Waals surface area contributed by atoms with Crippen molar-refractivity contribution in [1.82, 2.24) is 15.0 Å². The Kier molecular flexibility index (Phi) is 4.72. The van der Waals surface area contributed by atoms with E-state index in [0.29, 0.717) is 21.7 Å². The van der Waals surface area contributed by atoms with Gasteiger partial charge in [-0.05, 0) is 24.3 Å². The highest BCUT2D eigenvalue weighted by Gasteiger charge is 2.09. The third-order valence-corrected chi connectivity index (χ3v) is 3.47. The molecule has 24 heavy (non-hydrogen) atoms. The number of esters is 1. The number of nitrogens with zero attached hydrogens (tertiary/aromatic N) is 3. The van der Waals surface area contributed by atoms with Gasteiger partial charge in [0.15, 0.2) is 13.3 Å². The van der Waals surface area contributed by atoms with Gasteiger partial charge in [0.1, 0.15) is 11.3 Å². The van der Waals surface area contributed by atoms with E-state index in [1.807, 2.05) is 0 Å². The summed E-state index contributed by atoms with van der Waals surface area (Å²) in [5.41, 5.74) is 0.0903. The second-order valence-corrected chi connectivity index (χ2v) is 5.18. The molecule has 2 aromatic carbocycles. The van der Waals surface area contributed by atoms with Crippen molar-refractivity contribution in [2.24, 2.45) is 0 Å². The second kappa shape index (κ2) is 7.10. The topological polar surface area (TPSA) is 83.3 Å². The molecule has 1 heterocycles. The minimum absolute atomic E-state index is 0.334. The van der Waals surface area contributed by atoms with Crippen LogP contribution in [0.25, 0.3) is 10.9 Å². The molecular formula is C16H12ClN3O4. The van der Waals surface area contributed by atoms with Gasteiger partial charge in [-0.3, -0.25) is 4.79 Å². The molecule has 1 aromatic heterocycles. The van der Waals surface area contributed by atoms with E-state index in [1.165, 1.54) is 0 Å². The largest absolute Gasteiger partial charge is 0.480 e. The Morgan fingerprint density at radius 1 is 1.12 bits per heavy atom. The standard InChI is InChI=1S/C16H12ClN3O4/c17-12-6-2-4-8-14(12)23-9-15(21)24-10-20-16(22)11-5-1-3-7-13(11)18-19-20/h1-8H,9-10H2.